The zero-order valence-corrected chi connectivity index (χ0v) is 15.4. The van der Waals surface area contributed by atoms with Crippen LogP contribution in [0.3, 0.4) is 0 Å². The van der Waals surface area contributed by atoms with Crippen molar-refractivity contribution in [2.45, 2.75) is 43.1 Å². The van der Waals surface area contributed by atoms with E-state index >= 15 is 0 Å². The summed E-state index contributed by atoms with van der Waals surface area (Å²) in [6.45, 7) is 6.17. The van der Waals surface area contributed by atoms with E-state index in [9.17, 15) is 22.4 Å². The third kappa shape index (κ3) is 4.62. The molecule has 6 nitrogen and oxygen atoms in total. The largest absolute Gasteiger partial charge is 0.434 e. The second kappa shape index (κ2) is 8.16. The third-order valence-electron chi connectivity index (χ3n) is 5.47. The number of piperidine rings is 1. The average molecular weight is 416 g/mol. The molecule has 1 unspecified atom stereocenters. The molecule has 1 aromatic rings. The summed E-state index contributed by atoms with van der Waals surface area (Å²) in [5.41, 5.74) is 0.103. The van der Waals surface area contributed by atoms with Crippen LogP contribution in [0.2, 0.25) is 0 Å². The van der Waals surface area contributed by atoms with Crippen molar-refractivity contribution in [1.82, 2.24) is 4.90 Å². The Bertz CT molecular complexity index is 800. The summed E-state index contributed by atoms with van der Waals surface area (Å²) in [6, 6.07) is 4.31. The van der Waals surface area contributed by atoms with Gasteiger partial charge in [-0.25, -0.2) is 14.0 Å². The number of halogens is 4. The molecule has 2 aliphatic rings. The zero-order valence-electron chi connectivity index (χ0n) is 15.4. The lowest BCUT2D eigenvalue weighted by atomic mass is 9.83. The summed E-state index contributed by atoms with van der Waals surface area (Å²) in [5.74, 6) is -0.662. The molecule has 29 heavy (non-hydrogen) atoms. The first-order valence-electron chi connectivity index (χ1n) is 9.11. The molecule has 0 bridgehead atoms. The highest BCUT2D eigenvalue weighted by molar-refractivity contribution is 5.68. The first kappa shape index (κ1) is 21.3. The normalized spacial score (nSPS) is 22.3. The maximum absolute atomic E-state index is 14.3. The van der Waals surface area contributed by atoms with E-state index in [1.54, 1.807) is 12.1 Å². The lowest BCUT2D eigenvalue weighted by Gasteiger charge is -2.38. The minimum absolute atomic E-state index is 0.140. The predicted molar refractivity (Wildman–Crippen MR) is 92.9 cm³/mol. The molecule has 1 N–H and O–H groups in total. The van der Waals surface area contributed by atoms with Gasteiger partial charge >= 0.3 is 12.3 Å². The number of aliphatic hydroxyl groups is 1. The molecule has 2 heterocycles. The van der Waals surface area contributed by atoms with E-state index in [1.165, 1.54) is 6.07 Å². The monoisotopic (exact) mass is 416 g/mol. The van der Waals surface area contributed by atoms with Crippen molar-refractivity contribution in [2.24, 2.45) is 0 Å². The van der Waals surface area contributed by atoms with Gasteiger partial charge in [0.25, 0.3) is 0 Å². The van der Waals surface area contributed by atoms with Gasteiger partial charge in [0.15, 0.2) is 5.69 Å². The van der Waals surface area contributed by atoms with Crippen LogP contribution in [0.15, 0.2) is 18.2 Å². The summed E-state index contributed by atoms with van der Waals surface area (Å²) in [5, 5.41) is 8.79. The molecule has 1 spiro atoms. The fourth-order valence-corrected chi connectivity index (χ4v) is 3.81. The van der Waals surface area contributed by atoms with E-state index in [1.807, 2.05) is 0 Å². The van der Waals surface area contributed by atoms with Crippen LogP contribution in [-0.4, -0.2) is 60.3 Å². The van der Waals surface area contributed by atoms with Gasteiger partial charge in [0.1, 0.15) is 5.82 Å². The molecule has 0 aromatic heterocycles. The van der Waals surface area contributed by atoms with Gasteiger partial charge in [0.2, 0.25) is 6.10 Å². The molecule has 3 rings (SSSR count). The van der Waals surface area contributed by atoms with Crippen LogP contribution in [0.5, 0.6) is 0 Å². The van der Waals surface area contributed by atoms with Gasteiger partial charge in [-0.05, 0) is 30.9 Å². The molecule has 1 aromatic carbocycles. The van der Waals surface area contributed by atoms with Gasteiger partial charge in [0, 0.05) is 19.0 Å². The molecule has 2 saturated heterocycles. The highest BCUT2D eigenvalue weighted by Crippen LogP contribution is 2.43. The summed E-state index contributed by atoms with van der Waals surface area (Å²) in [6.07, 6.45) is -7.24. The Labute approximate surface area is 164 Å². The third-order valence-corrected chi connectivity index (χ3v) is 5.47. The number of ether oxygens (including phenoxy) is 2. The SMILES string of the molecule is [C-]#[N+]c1ccc(C2COC3(CCN(C(=O)O[C@H](CO)C(F)(F)F)CC3)C2)c(F)c1. The fraction of sp³-hybridized carbons (Fsp3) is 0.579. The lowest BCUT2D eigenvalue weighted by Crippen LogP contribution is -2.48. The van der Waals surface area contributed by atoms with E-state index < -0.39 is 36.4 Å². The van der Waals surface area contributed by atoms with Crippen LogP contribution in [0, 0.1) is 12.4 Å². The first-order valence-corrected chi connectivity index (χ1v) is 9.11. The van der Waals surface area contributed by atoms with Gasteiger partial charge in [-0.2, -0.15) is 13.2 Å². The van der Waals surface area contributed by atoms with Crippen LogP contribution in [0.25, 0.3) is 4.85 Å². The summed E-state index contributed by atoms with van der Waals surface area (Å²) < 4.78 is 62.5. The number of carbonyl (C=O) groups is 1. The van der Waals surface area contributed by atoms with Crippen LogP contribution in [-0.2, 0) is 9.47 Å². The van der Waals surface area contributed by atoms with Crippen molar-refractivity contribution in [3.8, 4) is 0 Å². The minimum atomic E-state index is -4.84. The molecular weight excluding hydrogens is 396 g/mol. The van der Waals surface area contributed by atoms with Crippen LogP contribution in [0.1, 0.15) is 30.7 Å². The number of hydrogen-bond donors (Lipinski definition) is 1. The van der Waals surface area contributed by atoms with Crippen molar-refractivity contribution in [3.05, 3.63) is 41.0 Å². The van der Waals surface area contributed by atoms with Crippen LogP contribution >= 0.6 is 0 Å². The number of amides is 1. The van der Waals surface area contributed by atoms with Gasteiger partial charge in [-0.3, -0.25) is 0 Å². The number of benzene rings is 1. The number of likely N-dealkylation sites (tertiary alicyclic amines) is 1. The van der Waals surface area contributed by atoms with Gasteiger partial charge in [0.05, 0.1) is 25.4 Å². The summed E-state index contributed by atoms with van der Waals surface area (Å²) >= 11 is 0. The predicted octanol–water partition coefficient (Wildman–Crippen LogP) is 3.77. The molecule has 0 radical (unpaired) electrons. The van der Waals surface area contributed by atoms with E-state index in [2.05, 4.69) is 9.58 Å². The second-order valence-electron chi connectivity index (χ2n) is 7.30. The molecule has 2 fully saturated rings. The zero-order chi connectivity index (χ0) is 21.2. The number of carbonyl (C=O) groups excluding carboxylic acids is 1. The Morgan fingerprint density at radius 3 is 2.66 bits per heavy atom. The lowest BCUT2D eigenvalue weighted by molar-refractivity contribution is -0.215. The van der Waals surface area contributed by atoms with E-state index in [0.29, 0.717) is 31.4 Å². The number of aliphatic hydroxyl groups excluding tert-OH is 1. The Hall–Kier alpha value is -2.38. The van der Waals surface area contributed by atoms with Crippen LogP contribution < -0.4 is 0 Å². The van der Waals surface area contributed by atoms with Crippen molar-refractivity contribution < 1.29 is 36.9 Å². The maximum atomic E-state index is 14.3. The highest BCUT2D eigenvalue weighted by atomic mass is 19.4. The molecule has 0 aliphatic carbocycles. The summed E-state index contributed by atoms with van der Waals surface area (Å²) in [7, 11) is 0. The number of hydrogen-bond acceptors (Lipinski definition) is 4. The smallest absolute Gasteiger partial charge is 0.427 e. The molecule has 158 valence electrons. The van der Waals surface area contributed by atoms with Crippen molar-refractivity contribution in [1.29, 1.82) is 0 Å². The van der Waals surface area contributed by atoms with Gasteiger partial charge in [-0.1, -0.05) is 12.1 Å². The first-order chi connectivity index (χ1) is 13.7. The molecule has 0 saturated carbocycles. The average Bonchev–Trinajstić information content (AvgIpc) is 3.08. The fourth-order valence-electron chi connectivity index (χ4n) is 3.81. The van der Waals surface area contributed by atoms with Crippen molar-refractivity contribution in [3.63, 3.8) is 0 Å². The number of alkyl halides is 3. The van der Waals surface area contributed by atoms with Gasteiger partial charge in [-0.15, -0.1) is 0 Å². The topological polar surface area (TPSA) is 63.4 Å². The van der Waals surface area contributed by atoms with Crippen molar-refractivity contribution in [2.75, 3.05) is 26.3 Å². The quantitative estimate of drug-likeness (QED) is 0.602. The van der Waals surface area contributed by atoms with Crippen LogP contribution in [0.4, 0.5) is 28.0 Å². The molecular formula is C19H20F4N2O4. The second-order valence-corrected chi connectivity index (χ2v) is 7.30. The highest BCUT2D eigenvalue weighted by Gasteiger charge is 2.46. The molecule has 2 atom stereocenters. The summed E-state index contributed by atoms with van der Waals surface area (Å²) in [4.78, 5) is 16.3. The Morgan fingerprint density at radius 2 is 2.10 bits per heavy atom. The van der Waals surface area contributed by atoms with E-state index in [4.69, 9.17) is 16.4 Å². The molecule has 2 aliphatic heterocycles. The van der Waals surface area contributed by atoms with E-state index in [0.717, 1.165) is 4.90 Å². The number of rotatable bonds is 3. The Kier molecular flexibility index (Phi) is 6.00. The minimum Gasteiger partial charge on any atom is -0.434 e. The Morgan fingerprint density at radius 1 is 1.41 bits per heavy atom. The molecule has 1 amide bonds. The van der Waals surface area contributed by atoms with Gasteiger partial charge < -0.3 is 19.5 Å². The van der Waals surface area contributed by atoms with E-state index in [-0.39, 0.29) is 24.7 Å². The number of nitrogens with zero attached hydrogens (tertiary/aromatic N) is 2. The standard InChI is InChI=1S/C19H20F4N2O4/c1-24-13-2-3-14(15(20)8-13)12-9-18(28-11-12)4-6-25(7-5-18)17(27)29-16(10-26)19(21,22)23/h2-3,8,12,16,26H,4-7,9-11H2/t12?,16-/m1/s1. The molecule has 10 heteroatoms. The Balaban J connectivity index is 1.58. The van der Waals surface area contributed by atoms with Crippen molar-refractivity contribution >= 4 is 11.8 Å². The maximum Gasteiger partial charge on any atom is 0.427 e.